The number of aromatic nitrogens is 4. The van der Waals surface area contributed by atoms with Crippen molar-refractivity contribution in [2.24, 2.45) is 5.92 Å². The van der Waals surface area contributed by atoms with Crippen LogP contribution in [0.25, 0.3) is 11.5 Å². The highest BCUT2D eigenvalue weighted by atomic mass is 19.1. The van der Waals surface area contributed by atoms with Crippen LogP contribution in [0.4, 0.5) is 8.78 Å². The Kier molecular flexibility index (Phi) is 6.22. The van der Waals surface area contributed by atoms with Crippen molar-refractivity contribution < 1.29 is 18.3 Å². The van der Waals surface area contributed by atoms with Crippen molar-refractivity contribution in [3.63, 3.8) is 0 Å². The first kappa shape index (κ1) is 23.6. The van der Waals surface area contributed by atoms with Gasteiger partial charge < -0.3 is 9.30 Å². The number of hydrogen-bond donors (Lipinski definition) is 0. The van der Waals surface area contributed by atoms with Gasteiger partial charge in [-0.2, -0.15) is 5.10 Å². The predicted molar refractivity (Wildman–Crippen MR) is 128 cm³/mol. The average molecular weight is 491 g/mol. The van der Waals surface area contributed by atoms with Gasteiger partial charge >= 0.3 is 5.97 Å². The molecule has 0 saturated carbocycles. The molecule has 2 aromatic carbocycles. The van der Waals surface area contributed by atoms with Gasteiger partial charge in [-0.3, -0.25) is 14.3 Å². The number of carbonyl (C=O) groups excluding carboxylic acids is 1. The number of benzene rings is 2. The van der Waals surface area contributed by atoms with Gasteiger partial charge in [0.05, 0.1) is 12.2 Å². The monoisotopic (exact) mass is 490 g/mol. The smallest absolute Gasteiger partial charge is 0.311 e. The summed E-state index contributed by atoms with van der Waals surface area (Å²) < 4.78 is 36.7. The third-order valence-corrected chi connectivity index (χ3v) is 6.23. The summed E-state index contributed by atoms with van der Waals surface area (Å²) in [5, 5.41) is 4.43. The van der Waals surface area contributed by atoms with Crippen molar-refractivity contribution in [1.82, 2.24) is 19.3 Å². The standard InChI is InChI=1S/C27H24F2N4O3/c1-16(2)13-23(35)36-26-22(34)14-31-33-21(15-32-12-11-30-27(32)25(26)33)24(17-3-7-19(28)8-4-17)18-5-9-20(29)10-6-18/h3-12,14,16,21,24H,13,15H2,1-2H3/t21-/m1/s1. The second-order valence-electron chi connectivity index (χ2n) is 9.25. The molecule has 0 radical (unpaired) electrons. The zero-order chi connectivity index (χ0) is 25.4. The molecule has 1 atom stereocenters. The maximum Gasteiger partial charge on any atom is 0.311 e. The summed E-state index contributed by atoms with van der Waals surface area (Å²) in [6.45, 7) is 4.18. The number of esters is 1. The second kappa shape index (κ2) is 9.49. The Morgan fingerprint density at radius 1 is 1.06 bits per heavy atom. The molecule has 0 aliphatic carbocycles. The van der Waals surface area contributed by atoms with Crippen LogP contribution in [-0.2, 0) is 11.3 Å². The summed E-state index contributed by atoms with van der Waals surface area (Å²) in [7, 11) is 0. The zero-order valence-corrected chi connectivity index (χ0v) is 19.8. The summed E-state index contributed by atoms with van der Waals surface area (Å²) in [5.74, 6) is -1.31. The van der Waals surface area contributed by atoms with Crippen LogP contribution in [0, 0.1) is 17.6 Å². The van der Waals surface area contributed by atoms with Crippen molar-refractivity contribution in [1.29, 1.82) is 0 Å². The van der Waals surface area contributed by atoms with Gasteiger partial charge in [-0.25, -0.2) is 13.8 Å². The Morgan fingerprint density at radius 3 is 2.25 bits per heavy atom. The predicted octanol–water partition coefficient (Wildman–Crippen LogP) is 4.72. The first-order valence-corrected chi connectivity index (χ1v) is 11.7. The van der Waals surface area contributed by atoms with Crippen LogP contribution >= 0.6 is 0 Å². The molecule has 0 unspecified atom stereocenters. The van der Waals surface area contributed by atoms with Crippen molar-refractivity contribution in [3.8, 4) is 17.3 Å². The van der Waals surface area contributed by atoms with Gasteiger partial charge in [0.25, 0.3) is 0 Å². The molecule has 7 nitrogen and oxygen atoms in total. The first-order valence-electron chi connectivity index (χ1n) is 11.7. The van der Waals surface area contributed by atoms with Crippen molar-refractivity contribution >= 4 is 5.97 Å². The molecule has 0 saturated heterocycles. The molecule has 9 heteroatoms. The third-order valence-electron chi connectivity index (χ3n) is 6.23. The molecule has 2 aromatic heterocycles. The van der Waals surface area contributed by atoms with Crippen LogP contribution in [-0.4, -0.2) is 25.3 Å². The molecule has 1 aliphatic heterocycles. The van der Waals surface area contributed by atoms with Crippen LogP contribution in [0.5, 0.6) is 5.75 Å². The molecule has 184 valence electrons. The Balaban J connectivity index is 1.69. The van der Waals surface area contributed by atoms with Gasteiger partial charge in [-0.05, 0) is 41.3 Å². The fraction of sp³-hybridized carbons (Fsp3) is 0.259. The number of halogens is 2. The van der Waals surface area contributed by atoms with Crippen LogP contribution in [0.1, 0.15) is 43.4 Å². The minimum Gasteiger partial charge on any atom is -0.420 e. The highest BCUT2D eigenvalue weighted by Gasteiger charge is 2.36. The first-order chi connectivity index (χ1) is 17.3. The molecule has 0 N–H and O–H groups in total. The summed E-state index contributed by atoms with van der Waals surface area (Å²) >= 11 is 0. The van der Waals surface area contributed by atoms with E-state index < -0.39 is 23.4 Å². The Labute approximate surface area is 206 Å². The molecular formula is C27H24F2N4O3. The lowest BCUT2D eigenvalue weighted by Crippen LogP contribution is -2.33. The van der Waals surface area contributed by atoms with E-state index in [1.54, 1.807) is 41.3 Å². The highest BCUT2D eigenvalue weighted by molar-refractivity contribution is 5.75. The molecule has 0 bridgehead atoms. The number of ether oxygens (including phenoxy) is 1. The van der Waals surface area contributed by atoms with Crippen LogP contribution < -0.4 is 10.2 Å². The van der Waals surface area contributed by atoms with E-state index >= 15 is 0 Å². The Hall–Kier alpha value is -4.14. The minimum absolute atomic E-state index is 0.0500. The lowest BCUT2D eigenvalue weighted by atomic mass is 9.84. The second-order valence-corrected chi connectivity index (χ2v) is 9.25. The molecule has 0 amide bonds. The van der Waals surface area contributed by atoms with Crippen molar-refractivity contribution in [2.75, 3.05) is 0 Å². The van der Waals surface area contributed by atoms with Gasteiger partial charge in [0.2, 0.25) is 11.2 Å². The SMILES string of the molecule is CC(C)CC(=O)Oc1c2n(ncc1=O)[C@@H](C(c1ccc(F)cc1)c1ccc(F)cc1)Cn1ccnc1-2. The minimum atomic E-state index is -0.534. The molecule has 0 spiro atoms. The average Bonchev–Trinajstić information content (AvgIpc) is 3.31. The molecule has 1 aliphatic rings. The Morgan fingerprint density at radius 2 is 1.67 bits per heavy atom. The zero-order valence-electron chi connectivity index (χ0n) is 19.8. The van der Waals surface area contributed by atoms with E-state index in [-0.39, 0.29) is 35.4 Å². The number of rotatable bonds is 6. The number of nitrogens with zero attached hydrogens (tertiary/aromatic N) is 4. The maximum absolute atomic E-state index is 13.8. The van der Waals surface area contributed by atoms with E-state index in [9.17, 15) is 18.4 Å². The summed E-state index contributed by atoms with van der Waals surface area (Å²) in [5.41, 5.74) is 1.31. The van der Waals surface area contributed by atoms with Gasteiger partial charge in [0, 0.05) is 31.3 Å². The van der Waals surface area contributed by atoms with E-state index in [2.05, 4.69) is 10.1 Å². The van der Waals surface area contributed by atoms with E-state index in [1.165, 1.54) is 24.3 Å². The summed E-state index contributed by atoms with van der Waals surface area (Å²) in [4.78, 5) is 29.8. The van der Waals surface area contributed by atoms with Gasteiger partial charge in [-0.15, -0.1) is 0 Å². The molecule has 3 heterocycles. The normalized spacial score (nSPS) is 14.6. The van der Waals surface area contributed by atoms with Gasteiger partial charge in [0.1, 0.15) is 17.3 Å². The van der Waals surface area contributed by atoms with Gasteiger partial charge in [0.15, 0.2) is 5.82 Å². The number of hydrogen-bond acceptors (Lipinski definition) is 5. The molecule has 5 rings (SSSR count). The van der Waals surface area contributed by atoms with Crippen LogP contribution in [0.3, 0.4) is 0 Å². The van der Waals surface area contributed by atoms with E-state index in [4.69, 9.17) is 4.74 Å². The maximum atomic E-state index is 13.8. The molecular weight excluding hydrogens is 466 g/mol. The van der Waals surface area contributed by atoms with E-state index in [0.717, 1.165) is 17.3 Å². The number of carbonyl (C=O) groups is 1. The third kappa shape index (κ3) is 4.44. The number of imidazole rings is 1. The van der Waals surface area contributed by atoms with E-state index in [0.29, 0.717) is 12.4 Å². The largest absolute Gasteiger partial charge is 0.420 e. The molecule has 0 fully saturated rings. The van der Waals surface area contributed by atoms with Crippen LogP contribution in [0.15, 0.2) is 71.9 Å². The molecule has 36 heavy (non-hydrogen) atoms. The van der Waals surface area contributed by atoms with E-state index in [1.807, 2.05) is 18.4 Å². The quantitative estimate of drug-likeness (QED) is 0.366. The van der Waals surface area contributed by atoms with Crippen LogP contribution in [0.2, 0.25) is 0 Å². The summed E-state index contributed by atoms with van der Waals surface area (Å²) in [6.07, 6.45) is 4.64. The summed E-state index contributed by atoms with van der Waals surface area (Å²) in [6, 6.07) is 11.8. The Bertz CT molecular complexity index is 1410. The highest BCUT2D eigenvalue weighted by Crippen LogP contribution is 2.42. The lowest BCUT2D eigenvalue weighted by Gasteiger charge is -2.35. The fourth-order valence-electron chi connectivity index (χ4n) is 4.67. The fourth-order valence-corrected chi connectivity index (χ4v) is 4.67. The molecule has 4 aromatic rings. The topological polar surface area (TPSA) is 79.0 Å². The van der Waals surface area contributed by atoms with Crippen molar-refractivity contribution in [3.05, 3.63) is 100 Å². The number of fused-ring (bicyclic) bond motifs is 3. The lowest BCUT2D eigenvalue weighted by molar-refractivity contribution is -0.135. The van der Waals surface area contributed by atoms with Crippen molar-refractivity contribution in [2.45, 2.75) is 38.8 Å². The van der Waals surface area contributed by atoms with Gasteiger partial charge in [-0.1, -0.05) is 38.1 Å².